The number of ether oxygens (including phenoxy) is 8. The van der Waals surface area contributed by atoms with Gasteiger partial charge in [-0.2, -0.15) is 0 Å². The number of rotatable bonds is 32. The Morgan fingerprint density at radius 1 is 0.167 bits per heavy atom. The lowest BCUT2D eigenvalue weighted by Gasteiger charge is -2.47. The molecule has 0 N–H and O–H groups in total. The van der Waals surface area contributed by atoms with Crippen molar-refractivity contribution in [3.63, 3.8) is 0 Å². The molecule has 32 heteroatoms. The van der Waals surface area contributed by atoms with Crippen molar-refractivity contribution in [2.75, 3.05) is 107 Å². The molecule has 720 valence electrons. The second kappa shape index (κ2) is 44.5. The van der Waals surface area contributed by atoms with Crippen LogP contribution >= 0.6 is 0 Å². The zero-order valence-electron chi connectivity index (χ0n) is 82.2. The van der Waals surface area contributed by atoms with Crippen molar-refractivity contribution in [3.05, 3.63) is 0 Å². The van der Waals surface area contributed by atoms with Crippen molar-refractivity contribution in [3.8, 4) is 0 Å². The highest BCUT2D eigenvalue weighted by Crippen LogP contribution is 2.54. The minimum absolute atomic E-state index is 0.145. The van der Waals surface area contributed by atoms with Gasteiger partial charge in [-0.15, -0.1) is 0 Å². The molecule has 0 radical (unpaired) electrons. The molecule has 8 aliphatic carbocycles. The van der Waals surface area contributed by atoms with Crippen molar-refractivity contribution in [2.45, 2.75) is 360 Å². The minimum atomic E-state index is -3.00. The monoisotopic (exact) mass is 1870 g/mol. The lowest BCUT2D eigenvalue weighted by atomic mass is 9.62. The molecule has 0 aromatic carbocycles. The van der Waals surface area contributed by atoms with Crippen molar-refractivity contribution in [1.29, 1.82) is 0 Å². The first kappa shape index (κ1) is 117. The van der Waals surface area contributed by atoms with E-state index in [0.717, 1.165) is 103 Å². The van der Waals surface area contributed by atoms with E-state index in [0.29, 0.717) is 90.7 Å². The van der Waals surface area contributed by atoms with Crippen LogP contribution in [0, 0.1) is 90.7 Å². The number of hydrogen-bond donors (Lipinski definition) is 0. The minimum Gasteiger partial charge on any atom is -0.380 e. The first-order valence-corrected chi connectivity index (χ1v) is 58.7. The summed E-state index contributed by atoms with van der Waals surface area (Å²) in [6, 6.07) is 0. The molecule has 0 heterocycles. The summed E-state index contributed by atoms with van der Waals surface area (Å²) >= 11 is 0. The Morgan fingerprint density at radius 2 is 0.225 bits per heavy atom. The fraction of sp³-hybridized carbons (Fsp3) is 1.00. The second-order valence-electron chi connectivity index (χ2n) is 44.5. The van der Waals surface area contributed by atoms with Gasteiger partial charge in [-0.05, 0) is 249 Å². The molecule has 0 unspecified atom stereocenters. The van der Waals surface area contributed by atoms with E-state index in [1.54, 1.807) is 112 Å². The van der Waals surface area contributed by atoms with E-state index < -0.39 is 121 Å². The Labute approximate surface area is 735 Å². The van der Waals surface area contributed by atoms with Crippen LogP contribution in [0.5, 0.6) is 0 Å². The third-order valence-electron chi connectivity index (χ3n) is 28.0. The summed E-state index contributed by atoms with van der Waals surface area (Å²) in [5.41, 5.74) is 2.88. The molecular formula is C88H176O24S8. The van der Waals surface area contributed by atoms with Gasteiger partial charge < -0.3 is 37.9 Å². The molecule has 0 spiro atoms. The fourth-order valence-electron chi connectivity index (χ4n) is 20.8. The summed E-state index contributed by atoms with van der Waals surface area (Å²) in [5, 5.41) is -3.20. The van der Waals surface area contributed by atoms with Crippen molar-refractivity contribution in [2.24, 2.45) is 90.7 Å². The Balaban J connectivity index is 0.000000686. The summed E-state index contributed by atoms with van der Waals surface area (Å²) in [7, 11) is -11.1. The molecule has 0 aromatic rings. The van der Waals surface area contributed by atoms with Crippen LogP contribution in [0.2, 0.25) is 0 Å². The summed E-state index contributed by atoms with van der Waals surface area (Å²) in [4.78, 5) is 0. The number of sulfone groups is 8. The quantitative estimate of drug-likeness (QED) is 0.0604. The van der Waals surface area contributed by atoms with Gasteiger partial charge in [-0.25, -0.2) is 67.3 Å². The second-order valence-corrected chi connectivity index (χ2v) is 63.8. The summed E-state index contributed by atoms with van der Waals surface area (Å²) < 4.78 is 226. The maximum absolute atomic E-state index is 11.5. The van der Waals surface area contributed by atoms with Crippen LogP contribution in [-0.4, -0.2) is 265 Å². The molecular weight excluding hydrogens is 1700 g/mol. The van der Waals surface area contributed by atoms with Gasteiger partial charge in [0, 0.05) is 107 Å². The number of hydrogen-bond acceptors (Lipinski definition) is 24. The van der Waals surface area contributed by atoms with Crippen molar-refractivity contribution < 1.29 is 105 Å². The third-order valence-corrected chi connectivity index (χ3v) is 41.0. The fourth-order valence-corrected chi connectivity index (χ4v) is 27.4. The van der Waals surface area contributed by atoms with Gasteiger partial charge in [0.2, 0.25) is 0 Å². The van der Waals surface area contributed by atoms with Crippen molar-refractivity contribution >= 4 is 78.7 Å². The van der Waals surface area contributed by atoms with E-state index >= 15 is 0 Å². The number of methoxy groups -OCH3 is 8. The lowest BCUT2D eigenvalue weighted by Crippen LogP contribution is -2.46. The Hall–Kier alpha value is -0.720. The van der Waals surface area contributed by atoms with Gasteiger partial charge in [-0.1, -0.05) is 111 Å². The zero-order valence-corrected chi connectivity index (χ0v) is 88.8. The molecule has 8 aliphatic rings. The molecule has 120 heavy (non-hydrogen) atoms. The predicted molar refractivity (Wildman–Crippen MR) is 493 cm³/mol. The summed E-state index contributed by atoms with van der Waals surface area (Å²) in [6.07, 6.45) is 26.1. The van der Waals surface area contributed by atoms with Crippen LogP contribution in [0.25, 0.3) is 0 Å². The molecule has 24 nitrogen and oxygen atoms in total. The largest absolute Gasteiger partial charge is 0.380 e. The lowest BCUT2D eigenvalue weighted by molar-refractivity contribution is -0.0367. The first-order chi connectivity index (χ1) is 53.4. The normalized spacial score (nSPS) is 25.7. The molecule has 0 aromatic heterocycles. The average Bonchev–Trinajstić information content (AvgIpc) is 0.826. The van der Waals surface area contributed by atoms with E-state index in [9.17, 15) is 67.3 Å². The SMILES string of the molecule is CO[C@@H](C1CC(C)(C)C1)[C@@H](C)S(C)(=O)=O.CO[C@@H](C1CC(C)(C)C1)[C@@H](C)S(C)(=O)=O.CO[C@@H](C1CC(C)(C)C1)[C@H](C)S(C)(=O)=O.CO[C@@H](C1CC(C)(C)C1)[C@H](C)S(C)(=O)=O.CO[C@H](C1CC(C)(C)C1)[C@@H](C)S(C)(=O)=O.CO[C@H](C1CC(C)(C)C1)[C@@H](C)S(C)(=O)=O.CO[C@H](C1CC(C)(C)C1)[C@H](C)S(C)(=O)=O.CO[C@H](C1CC(C)(C)C1)[C@H](C)S(C)(=O)=O. The van der Waals surface area contributed by atoms with E-state index in [4.69, 9.17) is 37.9 Å². The Morgan fingerprint density at radius 3 is 0.258 bits per heavy atom. The summed E-state index contributed by atoms with van der Waals surface area (Å²) in [5.74, 6) is 3.18. The molecule has 0 bridgehead atoms. The Bertz CT molecular complexity index is 3280. The Kier molecular flexibility index (Phi) is 43.5. The zero-order chi connectivity index (χ0) is 94.8. The van der Waals surface area contributed by atoms with Crippen molar-refractivity contribution in [1.82, 2.24) is 0 Å². The summed E-state index contributed by atoms with van der Waals surface area (Å²) in [6.45, 7) is 49.3. The van der Waals surface area contributed by atoms with Crippen LogP contribution in [0.15, 0.2) is 0 Å². The van der Waals surface area contributed by atoms with Crippen LogP contribution in [0.3, 0.4) is 0 Å². The van der Waals surface area contributed by atoms with E-state index in [1.807, 2.05) is 0 Å². The van der Waals surface area contributed by atoms with E-state index in [2.05, 4.69) is 111 Å². The third kappa shape index (κ3) is 36.9. The van der Waals surface area contributed by atoms with Gasteiger partial charge in [0.15, 0.2) is 78.7 Å². The van der Waals surface area contributed by atoms with Gasteiger partial charge in [0.05, 0.1) is 90.8 Å². The first-order valence-electron chi connectivity index (χ1n) is 43.1. The van der Waals surface area contributed by atoms with Gasteiger partial charge in [0.1, 0.15) is 0 Å². The molecule has 16 atom stereocenters. The molecule has 8 saturated carbocycles. The van der Waals surface area contributed by atoms with E-state index in [-0.39, 0.29) is 48.8 Å². The molecule has 8 rings (SSSR count). The maximum atomic E-state index is 11.5. The average molecular weight is 1870 g/mol. The van der Waals surface area contributed by atoms with Gasteiger partial charge in [-0.3, -0.25) is 0 Å². The molecule has 8 fully saturated rings. The smallest absolute Gasteiger partial charge is 0.152 e. The van der Waals surface area contributed by atoms with Crippen LogP contribution in [0.4, 0.5) is 0 Å². The molecule has 0 aliphatic heterocycles. The molecule has 0 amide bonds. The van der Waals surface area contributed by atoms with Crippen LogP contribution in [-0.2, 0) is 117 Å². The standard InChI is InChI=1S/8C11H22O3S/c8*1-8(15(5,12)13)10(14-4)9-6-11(2,3)7-9/h8*8-10H,6-7H2,1-5H3/t4*8-,10+;4*8-,10-/m11001100/s1. The van der Waals surface area contributed by atoms with Gasteiger partial charge in [0.25, 0.3) is 0 Å². The van der Waals surface area contributed by atoms with Crippen LogP contribution < -0.4 is 0 Å². The topological polar surface area (TPSA) is 347 Å². The highest BCUT2D eigenvalue weighted by molar-refractivity contribution is 7.93. The maximum Gasteiger partial charge on any atom is 0.152 e. The highest BCUT2D eigenvalue weighted by Gasteiger charge is 2.52. The van der Waals surface area contributed by atoms with Crippen LogP contribution in [0.1, 0.15) is 269 Å². The van der Waals surface area contributed by atoms with Gasteiger partial charge >= 0.3 is 0 Å². The molecule has 0 saturated heterocycles. The van der Waals surface area contributed by atoms with E-state index in [1.165, 1.54) is 50.0 Å². The highest BCUT2D eigenvalue weighted by atomic mass is 32.2. The predicted octanol–water partition coefficient (Wildman–Crippen LogP) is 15.0.